The molecule has 2 unspecified atom stereocenters. The highest BCUT2D eigenvalue weighted by Crippen LogP contribution is 2.33. The Labute approximate surface area is 184 Å². The average molecular weight is 427 g/mol. The van der Waals surface area contributed by atoms with Gasteiger partial charge in [-0.3, -0.25) is 9.89 Å². The highest BCUT2D eigenvalue weighted by atomic mass is 32.1. The van der Waals surface area contributed by atoms with Crippen molar-refractivity contribution in [1.29, 1.82) is 0 Å². The van der Waals surface area contributed by atoms with Crippen molar-refractivity contribution in [2.75, 3.05) is 39.8 Å². The first-order valence-electron chi connectivity index (χ1n) is 11.1. The van der Waals surface area contributed by atoms with E-state index in [1.54, 1.807) is 4.88 Å². The summed E-state index contributed by atoms with van der Waals surface area (Å²) < 4.78 is 6.16. The van der Waals surface area contributed by atoms with Gasteiger partial charge in [-0.2, -0.15) is 0 Å². The van der Waals surface area contributed by atoms with Gasteiger partial charge in [0.15, 0.2) is 5.96 Å². The Morgan fingerprint density at radius 2 is 2.10 bits per heavy atom. The molecular formula is C24H34N4OS. The van der Waals surface area contributed by atoms with Crippen LogP contribution in [-0.4, -0.2) is 50.7 Å². The minimum absolute atomic E-state index is 0.165. The Hall–Kier alpha value is -1.89. The zero-order valence-electron chi connectivity index (χ0n) is 18.2. The highest BCUT2D eigenvalue weighted by molar-refractivity contribution is 7.10. The van der Waals surface area contributed by atoms with Gasteiger partial charge in [0.1, 0.15) is 0 Å². The van der Waals surface area contributed by atoms with Gasteiger partial charge >= 0.3 is 0 Å². The van der Waals surface area contributed by atoms with E-state index in [9.17, 15) is 0 Å². The summed E-state index contributed by atoms with van der Waals surface area (Å²) in [6, 6.07) is 11.1. The van der Waals surface area contributed by atoms with Gasteiger partial charge in [-0.25, -0.2) is 0 Å². The van der Waals surface area contributed by atoms with Crippen LogP contribution in [0.3, 0.4) is 0 Å². The zero-order valence-corrected chi connectivity index (χ0v) is 19.0. The number of benzene rings is 1. The average Bonchev–Trinajstić information content (AvgIpc) is 3.25. The van der Waals surface area contributed by atoms with Gasteiger partial charge in [0.05, 0.1) is 6.10 Å². The number of ether oxygens (including phenoxy) is 1. The van der Waals surface area contributed by atoms with E-state index in [4.69, 9.17) is 4.74 Å². The van der Waals surface area contributed by atoms with Gasteiger partial charge in [-0.1, -0.05) is 29.8 Å². The summed E-state index contributed by atoms with van der Waals surface area (Å²) in [4.78, 5) is 8.52. The van der Waals surface area contributed by atoms with Gasteiger partial charge < -0.3 is 15.4 Å². The molecule has 1 aromatic heterocycles. The van der Waals surface area contributed by atoms with E-state index in [0.29, 0.717) is 5.92 Å². The van der Waals surface area contributed by atoms with Crippen molar-refractivity contribution < 1.29 is 4.74 Å². The zero-order chi connectivity index (χ0) is 20.8. The molecule has 2 N–H and O–H groups in total. The van der Waals surface area contributed by atoms with E-state index in [2.05, 4.69) is 63.2 Å². The number of thiophene rings is 1. The normalized spacial score (nSPS) is 22.5. The second-order valence-electron chi connectivity index (χ2n) is 8.38. The number of nitrogens with zero attached hydrogens (tertiary/aromatic N) is 2. The van der Waals surface area contributed by atoms with Gasteiger partial charge in [-0.05, 0) is 48.8 Å². The van der Waals surface area contributed by atoms with Crippen LogP contribution in [0.2, 0.25) is 0 Å². The number of hydrogen-bond donors (Lipinski definition) is 2. The quantitative estimate of drug-likeness (QED) is 0.546. The number of fused-ring (bicyclic) bond motifs is 1. The lowest BCUT2D eigenvalue weighted by Crippen LogP contribution is -2.44. The first-order chi connectivity index (χ1) is 14.7. The molecule has 30 heavy (non-hydrogen) atoms. The summed E-state index contributed by atoms with van der Waals surface area (Å²) in [5.74, 6) is 1.34. The fourth-order valence-corrected chi connectivity index (χ4v) is 5.35. The molecule has 0 amide bonds. The maximum absolute atomic E-state index is 6.16. The van der Waals surface area contributed by atoms with E-state index in [-0.39, 0.29) is 6.10 Å². The van der Waals surface area contributed by atoms with Crippen molar-refractivity contribution in [2.45, 2.75) is 38.8 Å². The largest absolute Gasteiger partial charge is 0.373 e. The first kappa shape index (κ1) is 21.3. The van der Waals surface area contributed by atoms with Crippen LogP contribution in [0, 0.1) is 12.8 Å². The van der Waals surface area contributed by atoms with Crippen LogP contribution >= 0.6 is 11.3 Å². The van der Waals surface area contributed by atoms with Gasteiger partial charge in [0, 0.05) is 57.2 Å². The Kier molecular flexibility index (Phi) is 7.42. The SMILES string of the molecule is CN=C(NCCN1CCc2sccc2C1)NCC1CCCOC1c1ccc(C)cc1. The lowest BCUT2D eigenvalue weighted by atomic mass is 9.89. The number of aliphatic imine (C=N–C) groups is 1. The Morgan fingerprint density at radius 1 is 1.23 bits per heavy atom. The van der Waals surface area contributed by atoms with E-state index in [1.807, 2.05) is 18.4 Å². The fraction of sp³-hybridized carbons (Fsp3) is 0.542. The fourth-order valence-electron chi connectivity index (χ4n) is 4.46. The molecule has 1 fully saturated rings. The van der Waals surface area contributed by atoms with Crippen LogP contribution in [0.15, 0.2) is 40.7 Å². The maximum atomic E-state index is 6.16. The first-order valence-corrected chi connectivity index (χ1v) is 12.0. The van der Waals surface area contributed by atoms with E-state index < -0.39 is 0 Å². The summed E-state index contributed by atoms with van der Waals surface area (Å²) in [5.41, 5.74) is 4.08. The maximum Gasteiger partial charge on any atom is 0.191 e. The number of nitrogens with one attached hydrogen (secondary N) is 2. The molecule has 2 aliphatic heterocycles. The molecule has 0 spiro atoms. The summed E-state index contributed by atoms with van der Waals surface area (Å²) in [5, 5.41) is 9.26. The molecule has 0 aliphatic carbocycles. The Balaban J connectivity index is 1.24. The van der Waals surface area contributed by atoms with Gasteiger partial charge in [0.2, 0.25) is 0 Å². The number of hydrogen-bond acceptors (Lipinski definition) is 4. The number of aryl methyl sites for hydroxylation is 1. The van der Waals surface area contributed by atoms with Crippen molar-refractivity contribution in [1.82, 2.24) is 15.5 Å². The molecule has 1 saturated heterocycles. The molecule has 0 saturated carbocycles. The van der Waals surface area contributed by atoms with E-state index in [1.165, 1.54) is 29.5 Å². The van der Waals surface area contributed by atoms with E-state index in [0.717, 1.165) is 51.7 Å². The van der Waals surface area contributed by atoms with Crippen molar-refractivity contribution in [3.63, 3.8) is 0 Å². The second kappa shape index (κ2) is 10.4. The molecule has 4 rings (SSSR count). The van der Waals surface area contributed by atoms with Crippen LogP contribution in [0.1, 0.15) is 40.5 Å². The molecular weight excluding hydrogens is 392 g/mol. The molecule has 162 valence electrons. The summed E-state index contributed by atoms with van der Waals surface area (Å²) in [6.45, 7) is 8.02. The third kappa shape index (κ3) is 5.42. The number of rotatable bonds is 6. The molecule has 2 aromatic rings. The number of guanidine groups is 1. The summed E-state index contributed by atoms with van der Waals surface area (Å²) in [7, 11) is 1.85. The topological polar surface area (TPSA) is 48.9 Å². The third-order valence-corrected chi connectivity index (χ3v) is 7.24. The smallest absolute Gasteiger partial charge is 0.191 e. The highest BCUT2D eigenvalue weighted by Gasteiger charge is 2.27. The molecule has 0 bridgehead atoms. The molecule has 5 nitrogen and oxygen atoms in total. The Morgan fingerprint density at radius 3 is 2.93 bits per heavy atom. The van der Waals surface area contributed by atoms with Crippen LogP contribution in [0.5, 0.6) is 0 Å². The van der Waals surface area contributed by atoms with Crippen LogP contribution in [-0.2, 0) is 17.7 Å². The van der Waals surface area contributed by atoms with Crippen LogP contribution in [0.25, 0.3) is 0 Å². The monoisotopic (exact) mass is 426 g/mol. The molecule has 2 atom stereocenters. The molecule has 1 aromatic carbocycles. The lowest BCUT2D eigenvalue weighted by molar-refractivity contribution is -0.0265. The third-order valence-electron chi connectivity index (χ3n) is 6.21. The van der Waals surface area contributed by atoms with Gasteiger partial charge in [0.25, 0.3) is 0 Å². The Bertz CT molecular complexity index is 832. The molecule has 0 radical (unpaired) electrons. The lowest BCUT2D eigenvalue weighted by Gasteiger charge is -2.33. The standard InChI is InChI=1S/C24H34N4OS/c1-18-5-7-19(8-6-18)23-20(4-3-14-29-23)16-27-24(25-2)26-11-13-28-12-9-22-21(17-28)10-15-30-22/h5-8,10,15,20,23H,3-4,9,11-14,16-17H2,1-2H3,(H2,25,26,27). The molecule has 6 heteroatoms. The van der Waals surface area contributed by atoms with Crippen molar-refractivity contribution in [3.05, 3.63) is 57.3 Å². The molecule has 3 heterocycles. The predicted octanol–water partition coefficient (Wildman–Crippen LogP) is 3.75. The minimum Gasteiger partial charge on any atom is -0.373 e. The van der Waals surface area contributed by atoms with Crippen molar-refractivity contribution in [2.24, 2.45) is 10.9 Å². The van der Waals surface area contributed by atoms with E-state index >= 15 is 0 Å². The molecule has 2 aliphatic rings. The van der Waals surface area contributed by atoms with Crippen LogP contribution in [0.4, 0.5) is 0 Å². The van der Waals surface area contributed by atoms with Crippen molar-refractivity contribution in [3.8, 4) is 0 Å². The van der Waals surface area contributed by atoms with Gasteiger partial charge in [-0.15, -0.1) is 11.3 Å². The predicted molar refractivity (Wildman–Crippen MR) is 125 cm³/mol. The second-order valence-corrected chi connectivity index (χ2v) is 9.38. The summed E-state index contributed by atoms with van der Waals surface area (Å²) >= 11 is 1.90. The van der Waals surface area contributed by atoms with Crippen LogP contribution < -0.4 is 10.6 Å². The minimum atomic E-state index is 0.165. The summed E-state index contributed by atoms with van der Waals surface area (Å²) in [6.07, 6.45) is 3.65. The van der Waals surface area contributed by atoms with Crippen molar-refractivity contribution >= 4 is 17.3 Å².